The lowest BCUT2D eigenvalue weighted by Gasteiger charge is -2.40. The summed E-state index contributed by atoms with van der Waals surface area (Å²) in [6.07, 6.45) is 7.42. The van der Waals surface area contributed by atoms with Gasteiger partial charge >= 0.3 is 0 Å². The van der Waals surface area contributed by atoms with Crippen molar-refractivity contribution in [2.24, 2.45) is 10.8 Å². The molecule has 0 aromatic rings. The van der Waals surface area contributed by atoms with Gasteiger partial charge in [0.25, 0.3) is 0 Å². The zero-order chi connectivity index (χ0) is 9.62. The lowest BCUT2D eigenvalue weighted by molar-refractivity contribution is -0.0578. The van der Waals surface area contributed by atoms with Crippen LogP contribution in [0.3, 0.4) is 0 Å². The van der Waals surface area contributed by atoms with Gasteiger partial charge in [-0.15, -0.1) is 6.42 Å². The van der Waals surface area contributed by atoms with Crippen molar-refractivity contribution in [2.75, 3.05) is 0 Å². The fourth-order valence-corrected chi connectivity index (χ4v) is 2.29. The van der Waals surface area contributed by atoms with Crippen LogP contribution in [0.2, 0.25) is 0 Å². The molecule has 0 atom stereocenters. The highest BCUT2D eigenvalue weighted by Gasteiger charge is 2.57. The smallest absolute Gasteiger partial charge is 0.135 e. The summed E-state index contributed by atoms with van der Waals surface area (Å²) in [6, 6.07) is 0. The van der Waals surface area contributed by atoms with Gasteiger partial charge in [0.15, 0.2) is 0 Å². The van der Waals surface area contributed by atoms with Crippen molar-refractivity contribution in [3.8, 4) is 12.3 Å². The number of hydrogen-bond acceptors (Lipinski definition) is 1. The van der Waals surface area contributed by atoms with Crippen LogP contribution < -0.4 is 0 Å². The molecule has 1 nitrogen and oxygen atoms in total. The summed E-state index contributed by atoms with van der Waals surface area (Å²) in [5.74, 6) is 2.58. The Morgan fingerprint density at radius 2 is 1.42 bits per heavy atom. The van der Waals surface area contributed by atoms with Crippen molar-refractivity contribution in [3.05, 3.63) is 0 Å². The van der Waals surface area contributed by atoms with E-state index in [2.05, 4.69) is 5.92 Å². The molecule has 1 aliphatic rings. The predicted molar refractivity (Wildman–Crippen MR) is 50.6 cm³/mol. The Hall–Kier alpha value is -0.480. The fraction of sp³-hybridized carbons (Fsp3) is 0.818. The van der Waals surface area contributed by atoms with Gasteiger partial charge in [0.2, 0.25) is 0 Å². The topological polar surface area (TPSA) is 20.2 Å². The summed E-state index contributed by atoms with van der Waals surface area (Å²) in [7, 11) is 0. The molecular formula is C11H18O. The molecule has 0 bridgehead atoms. The summed E-state index contributed by atoms with van der Waals surface area (Å²) in [5.41, 5.74) is -1.24. The highest BCUT2D eigenvalue weighted by atomic mass is 16.3. The van der Waals surface area contributed by atoms with Crippen LogP contribution in [0.15, 0.2) is 0 Å². The Kier molecular flexibility index (Phi) is 1.81. The van der Waals surface area contributed by atoms with Crippen molar-refractivity contribution in [1.82, 2.24) is 0 Å². The third-order valence-corrected chi connectivity index (χ3v) is 3.54. The van der Waals surface area contributed by atoms with Gasteiger partial charge in [0, 0.05) is 10.8 Å². The van der Waals surface area contributed by atoms with Gasteiger partial charge in [0.05, 0.1) is 0 Å². The van der Waals surface area contributed by atoms with Crippen molar-refractivity contribution in [3.63, 3.8) is 0 Å². The molecule has 1 aliphatic carbocycles. The van der Waals surface area contributed by atoms with Gasteiger partial charge < -0.3 is 5.11 Å². The van der Waals surface area contributed by atoms with Gasteiger partial charge in [-0.3, -0.25) is 0 Å². The lowest BCUT2D eigenvalue weighted by atomic mass is 9.68. The normalized spacial score (nSPS) is 29.7. The molecule has 1 heteroatoms. The minimum atomic E-state index is -0.944. The molecule has 1 rings (SSSR count). The van der Waals surface area contributed by atoms with Crippen LogP contribution >= 0.6 is 0 Å². The average Bonchev–Trinajstić information content (AvgIpc) is 2.12. The van der Waals surface area contributed by atoms with Crippen molar-refractivity contribution in [1.29, 1.82) is 0 Å². The Labute approximate surface area is 75.2 Å². The van der Waals surface area contributed by atoms with Gasteiger partial charge in [-0.05, 0) is 12.8 Å². The Morgan fingerprint density at radius 3 is 1.58 bits per heavy atom. The molecule has 0 amide bonds. The largest absolute Gasteiger partial charge is 0.376 e. The van der Waals surface area contributed by atoms with Crippen molar-refractivity contribution in [2.45, 2.75) is 46.1 Å². The van der Waals surface area contributed by atoms with Crippen LogP contribution in [0.5, 0.6) is 0 Å². The molecule has 1 fully saturated rings. The Morgan fingerprint density at radius 1 is 1.08 bits per heavy atom. The summed E-state index contributed by atoms with van der Waals surface area (Å²) < 4.78 is 0. The van der Waals surface area contributed by atoms with E-state index < -0.39 is 5.60 Å². The van der Waals surface area contributed by atoms with E-state index in [1.54, 1.807) is 0 Å². The molecule has 1 saturated carbocycles. The van der Waals surface area contributed by atoms with E-state index in [1.807, 2.05) is 27.7 Å². The van der Waals surface area contributed by atoms with Gasteiger partial charge in [-0.1, -0.05) is 33.6 Å². The van der Waals surface area contributed by atoms with E-state index >= 15 is 0 Å². The number of aliphatic hydroxyl groups is 1. The van der Waals surface area contributed by atoms with Crippen molar-refractivity contribution >= 4 is 0 Å². The second-order valence-corrected chi connectivity index (χ2v) is 5.12. The molecule has 0 saturated heterocycles. The van der Waals surface area contributed by atoms with Gasteiger partial charge in [0.1, 0.15) is 5.60 Å². The maximum atomic E-state index is 10.3. The summed E-state index contributed by atoms with van der Waals surface area (Å²) in [5, 5.41) is 10.3. The minimum absolute atomic E-state index is 0.148. The SMILES string of the molecule is C#CC1(O)C(C)(C)CCC1(C)C. The third kappa shape index (κ3) is 0.912. The van der Waals surface area contributed by atoms with Crippen molar-refractivity contribution < 1.29 is 5.11 Å². The molecule has 0 unspecified atom stereocenters. The first kappa shape index (κ1) is 9.61. The summed E-state index contributed by atoms with van der Waals surface area (Å²) in [6.45, 7) is 8.17. The van der Waals surface area contributed by atoms with Crippen LogP contribution in [0.1, 0.15) is 40.5 Å². The van der Waals surface area contributed by atoms with Crippen LogP contribution in [0.4, 0.5) is 0 Å². The summed E-state index contributed by atoms with van der Waals surface area (Å²) >= 11 is 0. The second kappa shape index (κ2) is 2.26. The third-order valence-electron chi connectivity index (χ3n) is 3.54. The maximum Gasteiger partial charge on any atom is 0.135 e. The molecule has 0 radical (unpaired) electrons. The average molecular weight is 166 g/mol. The molecule has 1 N–H and O–H groups in total. The van der Waals surface area contributed by atoms with Crippen LogP contribution in [0, 0.1) is 23.2 Å². The highest BCUT2D eigenvalue weighted by molar-refractivity contribution is 5.23. The number of terminal acetylenes is 1. The first-order valence-corrected chi connectivity index (χ1v) is 4.47. The first-order valence-electron chi connectivity index (χ1n) is 4.47. The molecular weight excluding hydrogens is 148 g/mol. The zero-order valence-electron chi connectivity index (χ0n) is 8.44. The molecule has 0 aromatic carbocycles. The van der Waals surface area contributed by atoms with E-state index in [-0.39, 0.29) is 10.8 Å². The zero-order valence-corrected chi connectivity index (χ0v) is 8.44. The Bertz CT molecular complexity index is 214. The minimum Gasteiger partial charge on any atom is -0.376 e. The number of rotatable bonds is 0. The first-order chi connectivity index (χ1) is 5.27. The molecule has 0 heterocycles. The molecule has 68 valence electrons. The summed E-state index contributed by atoms with van der Waals surface area (Å²) in [4.78, 5) is 0. The fourth-order valence-electron chi connectivity index (χ4n) is 2.29. The Balaban J connectivity index is 3.16. The van der Waals surface area contributed by atoms with Crippen LogP contribution in [-0.2, 0) is 0 Å². The number of hydrogen-bond donors (Lipinski definition) is 1. The molecule has 0 aliphatic heterocycles. The van der Waals surface area contributed by atoms with E-state index in [1.165, 1.54) is 0 Å². The predicted octanol–water partition coefficient (Wildman–Crippen LogP) is 2.20. The van der Waals surface area contributed by atoms with E-state index in [4.69, 9.17) is 6.42 Å². The molecule has 12 heavy (non-hydrogen) atoms. The van der Waals surface area contributed by atoms with Crippen LogP contribution in [0.25, 0.3) is 0 Å². The van der Waals surface area contributed by atoms with Gasteiger partial charge in [-0.25, -0.2) is 0 Å². The van der Waals surface area contributed by atoms with Gasteiger partial charge in [-0.2, -0.15) is 0 Å². The standard InChI is InChI=1S/C11H18O/c1-6-11(12)9(2,3)7-8-10(11,4)5/h1,12H,7-8H2,2-5H3. The highest BCUT2D eigenvalue weighted by Crippen LogP contribution is 2.56. The van der Waals surface area contributed by atoms with E-state index in [9.17, 15) is 5.11 Å². The van der Waals surface area contributed by atoms with Crippen LogP contribution in [-0.4, -0.2) is 10.7 Å². The molecule has 0 spiro atoms. The van der Waals surface area contributed by atoms with E-state index in [0.717, 1.165) is 12.8 Å². The quantitative estimate of drug-likeness (QED) is 0.547. The van der Waals surface area contributed by atoms with E-state index in [0.29, 0.717) is 0 Å². The monoisotopic (exact) mass is 166 g/mol. The molecule has 0 aromatic heterocycles. The lowest BCUT2D eigenvalue weighted by Crippen LogP contribution is -2.48. The maximum absolute atomic E-state index is 10.3. The second-order valence-electron chi connectivity index (χ2n) is 5.12.